The summed E-state index contributed by atoms with van der Waals surface area (Å²) in [4.78, 5) is 16.4. The Morgan fingerprint density at radius 1 is 1.12 bits per heavy atom. The van der Waals surface area contributed by atoms with E-state index in [1.165, 1.54) is 6.33 Å². The van der Waals surface area contributed by atoms with Crippen molar-refractivity contribution in [1.29, 1.82) is 0 Å². The maximum absolute atomic E-state index is 5.99. The summed E-state index contributed by atoms with van der Waals surface area (Å²) in [6.45, 7) is 0. The van der Waals surface area contributed by atoms with Gasteiger partial charge in [-0.15, -0.1) is 0 Å². The number of H-pyrrole nitrogens is 1. The van der Waals surface area contributed by atoms with E-state index in [1.807, 2.05) is 24.3 Å². The lowest BCUT2D eigenvalue weighted by molar-refractivity contribution is 0.410. The molecule has 8 heteroatoms. The Bertz CT molecular complexity index is 824. The number of aromatic nitrogens is 4. The number of rotatable bonds is 5. The van der Waals surface area contributed by atoms with Crippen molar-refractivity contribution in [2.45, 2.75) is 37.8 Å². The normalized spacial score (nSPS) is 20.1. The molecule has 0 atom stereocenters. The maximum Gasteiger partial charge on any atom is 0.204 e. The fourth-order valence-corrected chi connectivity index (χ4v) is 3.26. The Balaban J connectivity index is 1.56. The molecule has 1 aromatic carbocycles. The van der Waals surface area contributed by atoms with Gasteiger partial charge < -0.3 is 26.1 Å². The zero-order valence-corrected chi connectivity index (χ0v) is 14.7. The van der Waals surface area contributed by atoms with Gasteiger partial charge in [0.25, 0.3) is 0 Å². The van der Waals surface area contributed by atoms with Crippen LogP contribution in [0.25, 0.3) is 11.5 Å². The fourth-order valence-electron chi connectivity index (χ4n) is 3.26. The molecule has 26 heavy (non-hydrogen) atoms. The van der Waals surface area contributed by atoms with Crippen LogP contribution in [0, 0.1) is 0 Å². The number of hydrogen-bond acceptors (Lipinski definition) is 7. The van der Waals surface area contributed by atoms with Crippen molar-refractivity contribution >= 4 is 17.5 Å². The van der Waals surface area contributed by atoms with E-state index in [4.69, 9.17) is 10.5 Å². The Morgan fingerprint density at radius 3 is 2.62 bits per heavy atom. The lowest BCUT2D eigenvalue weighted by atomic mass is 9.92. The number of benzene rings is 1. The van der Waals surface area contributed by atoms with Gasteiger partial charge in [0.15, 0.2) is 11.5 Å². The molecule has 3 aliphatic rings. The van der Waals surface area contributed by atoms with Crippen LogP contribution < -0.4 is 21.1 Å². The molecule has 0 spiro atoms. The van der Waals surface area contributed by atoms with E-state index in [1.54, 1.807) is 7.11 Å². The number of nitrogens with one attached hydrogen (secondary N) is 3. The molecule has 2 heterocycles. The minimum atomic E-state index is 0.320. The number of nitrogens with zero attached hydrogens (tertiary/aromatic N) is 3. The van der Waals surface area contributed by atoms with E-state index in [9.17, 15) is 0 Å². The minimum Gasteiger partial charge on any atom is -0.497 e. The van der Waals surface area contributed by atoms with Crippen LogP contribution in [0.1, 0.15) is 25.7 Å². The van der Waals surface area contributed by atoms with Crippen LogP contribution in [0.5, 0.6) is 5.75 Å². The third kappa shape index (κ3) is 3.55. The summed E-state index contributed by atoms with van der Waals surface area (Å²) in [5.74, 6) is 2.86. The highest BCUT2D eigenvalue weighted by Gasteiger charge is 2.21. The molecule has 5 N–H and O–H groups in total. The Morgan fingerprint density at radius 2 is 1.88 bits per heavy atom. The van der Waals surface area contributed by atoms with Gasteiger partial charge in [0.1, 0.15) is 17.9 Å². The topological polar surface area (TPSA) is 114 Å². The van der Waals surface area contributed by atoms with E-state index >= 15 is 0 Å². The first-order valence-corrected chi connectivity index (χ1v) is 8.85. The molecule has 4 rings (SSSR count). The number of aromatic amines is 1. The summed E-state index contributed by atoms with van der Waals surface area (Å²) in [6.07, 6.45) is 5.68. The largest absolute Gasteiger partial charge is 0.497 e. The van der Waals surface area contributed by atoms with Crippen LogP contribution >= 0.6 is 0 Å². The smallest absolute Gasteiger partial charge is 0.204 e. The van der Waals surface area contributed by atoms with Gasteiger partial charge in [-0.3, -0.25) is 0 Å². The minimum absolute atomic E-state index is 0.320. The molecule has 1 aliphatic carbocycles. The van der Waals surface area contributed by atoms with Crippen molar-refractivity contribution in [1.82, 2.24) is 19.9 Å². The second kappa shape index (κ2) is 7.17. The summed E-state index contributed by atoms with van der Waals surface area (Å²) in [5.41, 5.74) is 7.62. The number of anilines is 3. The second-order valence-electron chi connectivity index (χ2n) is 6.62. The SMILES string of the molecule is COc1ccc(Nc2[nH]c(N[C@H]3CC[C@H](N)CC3)nc3ncnc2-3)cc1. The number of nitrogens with two attached hydrogens (primary N) is 1. The predicted molar refractivity (Wildman–Crippen MR) is 101 cm³/mol. The van der Waals surface area contributed by atoms with Crippen molar-refractivity contribution in [3.63, 3.8) is 0 Å². The predicted octanol–water partition coefficient (Wildman–Crippen LogP) is 2.74. The molecular formula is C18H23N7O. The van der Waals surface area contributed by atoms with Gasteiger partial charge >= 0.3 is 0 Å². The summed E-state index contributed by atoms with van der Waals surface area (Å²) in [7, 11) is 1.65. The highest BCUT2D eigenvalue weighted by atomic mass is 16.5. The van der Waals surface area contributed by atoms with Crippen LogP contribution in [0.3, 0.4) is 0 Å². The van der Waals surface area contributed by atoms with Gasteiger partial charge in [-0.2, -0.15) is 4.98 Å². The third-order valence-electron chi connectivity index (χ3n) is 4.75. The molecule has 0 radical (unpaired) electrons. The lowest BCUT2D eigenvalue weighted by Gasteiger charge is -2.27. The molecule has 0 aromatic heterocycles. The van der Waals surface area contributed by atoms with Gasteiger partial charge in [0.05, 0.1) is 7.11 Å². The highest BCUT2D eigenvalue weighted by molar-refractivity contribution is 5.73. The number of hydrogen-bond donors (Lipinski definition) is 4. The van der Waals surface area contributed by atoms with Crippen LogP contribution in [0.15, 0.2) is 30.6 Å². The molecule has 1 fully saturated rings. The molecule has 8 nitrogen and oxygen atoms in total. The average molecular weight is 353 g/mol. The molecule has 0 bridgehead atoms. The van der Waals surface area contributed by atoms with Crippen LogP contribution in [-0.4, -0.2) is 39.1 Å². The number of imidazole rings is 1. The Hall–Kier alpha value is -2.87. The van der Waals surface area contributed by atoms with Gasteiger partial charge in [-0.25, -0.2) is 9.97 Å². The van der Waals surface area contributed by atoms with E-state index in [-0.39, 0.29) is 0 Å². The second-order valence-corrected chi connectivity index (χ2v) is 6.62. The van der Waals surface area contributed by atoms with Crippen LogP contribution in [-0.2, 0) is 0 Å². The van der Waals surface area contributed by atoms with Gasteiger partial charge in [0.2, 0.25) is 5.95 Å². The van der Waals surface area contributed by atoms with Gasteiger partial charge in [-0.1, -0.05) is 0 Å². The monoisotopic (exact) mass is 353 g/mol. The quantitative estimate of drug-likeness (QED) is 0.557. The van der Waals surface area contributed by atoms with Crippen molar-refractivity contribution in [3.8, 4) is 17.3 Å². The first-order chi connectivity index (χ1) is 12.7. The maximum atomic E-state index is 5.99. The molecule has 2 aliphatic heterocycles. The number of ether oxygens (including phenoxy) is 1. The number of fused-ring (bicyclic) bond motifs is 1. The van der Waals surface area contributed by atoms with Crippen molar-refractivity contribution in [2.75, 3.05) is 17.7 Å². The summed E-state index contributed by atoms with van der Waals surface area (Å²) >= 11 is 0. The van der Waals surface area contributed by atoms with E-state index in [2.05, 4.69) is 30.6 Å². The molecule has 136 valence electrons. The Labute approximate surface area is 151 Å². The van der Waals surface area contributed by atoms with E-state index in [0.29, 0.717) is 29.6 Å². The van der Waals surface area contributed by atoms with Crippen molar-refractivity contribution in [2.24, 2.45) is 5.73 Å². The van der Waals surface area contributed by atoms with Crippen molar-refractivity contribution < 1.29 is 4.74 Å². The lowest BCUT2D eigenvalue weighted by Crippen LogP contribution is -2.33. The summed E-state index contributed by atoms with van der Waals surface area (Å²) < 4.78 is 5.20. The molecular weight excluding hydrogens is 330 g/mol. The molecule has 1 aromatic rings. The zero-order chi connectivity index (χ0) is 17.9. The van der Waals surface area contributed by atoms with Gasteiger partial charge in [0, 0.05) is 17.8 Å². The zero-order valence-electron chi connectivity index (χ0n) is 14.7. The van der Waals surface area contributed by atoms with Crippen LogP contribution in [0.4, 0.5) is 17.5 Å². The average Bonchev–Trinajstić information content (AvgIpc) is 3.13. The summed E-state index contributed by atoms with van der Waals surface area (Å²) in [6, 6.07) is 8.40. The summed E-state index contributed by atoms with van der Waals surface area (Å²) in [5, 5.41) is 6.83. The third-order valence-corrected chi connectivity index (χ3v) is 4.75. The van der Waals surface area contributed by atoms with E-state index in [0.717, 1.165) is 42.9 Å². The van der Waals surface area contributed by atoms with E-state index < -0.39 is 0 Å². The first-order valence-electron chi connectivity index (χ1n) is 8.85. The standard InChI is InChI=1S/C18H23N7O/c1-26-14-8-6-12(7-9-14)22-17-15-16(21-10-20-15)24-18(25-17)23-13-4-2-11(19)3-5-13/h6-11,13H,2-5,19H2,1H3,(H3,20,21,22,23,24,25)/t11-,13-. The molecule has 0 amide bonds. The first kappa shape index (κ1) is 16.6. The molecule has 0 saturated heterocycles. The molecule has 1 saturated carbocycles. The molecule has 0 unspecified atom stereocenters. The van der Waals surface area contributed by atoms with Crippen molar-refractivity contribution in [3.05, 3.63) is 30.6 Å². The van der Waals surface area contributed by atoms with Gasteiger partial charge in [-0.05, 0) is 49.9 Å². The highest BCUT2D eigenvalue weighted by Crippen LogP contribution is 2.29. The van der Waals surface area contributed by atoms with Crippen LogP contribution in [0.2, 0.25) is 0 Å². The number of methoxy groups -OCH3 is 1. The Kier molecular flexibility index (Phi) is 4.57. The fraction of sp³-hybridized carbons (Fsp3) is 0.389.